The van der Waals surface area contributed by atoms with Gasteiger partial charge in [-0.3, -0.25) is 0 Å². The molecule has 0 aliphatic heterocycles. The molecule has 5 rings (SSSR count). The number of nitrogens with one attached hydrogen (secondary N) is 1. The first-order valence-electron chi connectivity index (χ1n) is 15.6. The second kappa shape index (κ2) is 15.7. The van der Waals surface area contributed by atoms with E-state index < -0.39 is 17.8 Å². The molecule has 0 heterocycles. The Kier molecular flexibility index (Phi) is 11.3. The van der Waals surface area contributed by atoms with E-state index in [2.05, 4.69) is 12.6 Å². The van der Waals surface area contributed by atoms with Gasteiger partial charge in [0.2, 0.25) is 0 Å². The van der Waals surface area contributed by atoms with Crippen LogP contribution in [0.3, 0.4) is 0 Å². The van der Waals surface area contributed by atoms with Crippen molar-refractivity contribution in [2.24, 2.45) is 0 Å². The van der Waals surface area contributed by atoms with Crippen LogP contribution in [0, 0.1) is 11.2 Å². The maximum Gasteiger partial charge on any atom is 0.343 e. The van der Waals surface area contributed by atoms with Gasteiger partial charge in [-0.2, -0.15) is 12.6 Å². The molecule has 1 N–H and O–H groups in total. The first kappa shape index (κ1) is 32.2. The van der Waals surface area contributed by atoms with Gasteiger partial charge in [0.05, 0.1) is 17.7 Å². The lowest BCUT2D eigenvalue weighted by Crippen LogP contribution is -2.13. The van der Waals surface area contributed by atoms with E-state index in [0.717, 1.165) is 78.6 Å². The summed E-state index contributed by atoms with van der Waals surface area (Å²) in [6.45, 7) is 0.642. The van der Waals surface area contributed by atoms with Crippen molar-refractivity contribution in [3.8, 4) is 17.2 Å². The van der Waals surface area contributed by atoms with Gasteiger partial charge in [0.25, 0.3) is 0 Å². The van der Waals surface area contributed by atoms with Crippen molar-refractivity contribution < 1.29 is 28.2 Å². The highest BCUT2D eigenvalue weighted by Gasteiger charge is 2.20. The summed E-state index contributed by atoms with van der Waals surface area (Å²) in [4.78, 5) is 25.7. The molecule has 0 unspecified atom stereocenters. The zero-order valence-electron chi connectivity index (χ0n) is 25.2. The van der Waals surface area contributed by atoms with Gasteiger partial charge in [-0.05, 0) is 108 Å². The van der Waals surface area contributed by atoms with E-state index in [1.165, 1.54) is 31.4 Å². The minimum Gasteiger partial charge on any atom is -0.494 e. The van der Waals surface area contributed by atoms with Gasteiger partial charge in [-0.1, -0.05) is 50.3 Å². The van der Waals surface area contributed by atoms with Gasteiger partial charge in [-0.15, -0.1) is 0 Å². The number of carbonyl (C=O) groups excluding carboxylic acids is 2. The summed E-state index contributed by atoms with van der Waals surface area (Å²) in [6, 6.07) is 19.8. The van der Waals surface area contributed by atoms with E-state index in [1.807, 2.05) is 30.3 Å². The summed E-state index contributed by atoms with van der Waals surface area (Å²) in [6.07, 6.45) is 11.4. The van der Waals surface area contributed by atoms with Gasteiger partial charge < -0.3 is 19.6 Å². The van der Waals surface area contributed by atoms with E-state index >= 15 is 0 Å². The SMILES string of the molecule is N=Cc1cc(C2CCCCC2)ccc1OC(=O)c1ccc(OC(=O)c2ccc3cc(OCCCCCCS)ccc3c2)c(F)c1. The molecule has 0 spiro atoms. The van der Waals surface area contributed by atoms with Crippen LogP contribution in [0.1, 0.15) is 95.5 Å². The maximum atomic E-state index is 15.0. The molecule has 1 aliphatic rings. The van der Waals surface area contributed by atoms with Crippen molar-refractivity contribution in [3.63, 3.8) is 0 Å². The van der Waals surface area contributed by atoms with Crippen LogP contribution in [0.15, 0.2) is 72.8 Å². The number of unbranched alkanes of at least 4 members (excludes halogenated alkanes) is 3. The lowest BCUT2D eigenvalue weighted by atomic mass is 9.83. The number of rotatable bonds is 13. The second-order valence-electron chi connectivity index (χ2n) is 11.4. The summed E-state index contributed by atoms with van der Waals surface area (Å²) in [7, 11) is 0. The topological polar surface area (TPSA) is 85.7 Å². The van der Waals surface area contributed by atoms with E-state index in [0.29, 0.717) is 18.1 Å². The standard InChI is InChI=1S/C37H38FNO5S/c38-33-23-30(37(41)43-34-16-13-26(21-31(34)24-39)25-8-4-3-5-9-25)14-17-35(33)44-36(40)29-11-10-28-22-32(15-12-27(28)20-29)42-18-6-1-2-7-19-45/h10-17,20-25,39,45H,1-9,18-19H2. The summed E-state index contributed by atoms with van der Waals surface area (Å²) < 4.78 is 31.7. The van der Waals surface area contributed by atoms with Crippen LogP contribution >= 0.6 is 12.6 Å². The molecule has 6 nitrogen and oxygen atoms in total. The van der Waals surface area contributed by atoms with Gasteiger partial charge >= 0.3 is 11.9 Å². The molecule has 4 aromatic rings. The zero-order valence-corrected chi connectivity index (χ0v) is 26.1. The van der Waals surface area contributed by atoms with Crippen molar-refractivity contribution in [2.45, 2.75) is 63.7 Å². The van der Waals surface area contributed by atoms with Crippen molar-refractivity contribution in [2.75, 3.05) is 12.4 Å². The minimum absolute atomic E-state index is 0.0408. The molecule has 0 aromatic heterocycles. The summed E-state index contributed by atoms with van der Waals surface area (Å²) in [5.41, 5.74) is 1.85. The summed E-state index contributed by atoms with van der Waals surface area (Å²) in [5, 5.41) is 9.54. The molecule has 0 atom stereocenters. The first-order chi connectivity index (χ1) is 21.9. The number of fused-ring (bicyclic) bond motifs is 1. The highest BCUT2D eigenvalue weighted by Crippen LogP contribution is 2.34. The first-order valence-corrected chi connectivity index (χ1v) is 16.2. The molecule has 1 aliphatic carbocycles. The molecule has 4 aromatic carbocycles. The normalized spacial score (nSPS) is 13.4. The molecule has 45 heavy (non-hydrogen) atoms. The largest absolute Gasteiger partial charge is 0.494 e. The fraction of sp³-hybridized carbons (Fsp3) is 0.324. The number of hydrogen-bond donors (Lipinski definition) is 2. The highest BCUT2D eigenvalue weighted by atomic mass is 32.1. The Bertz CT molecular complexity index is 1670. The average Bonchev–Trinajstić information content (AvgIpc) is 3.07. The molecule has 0 bridgehead atoms. The number of halogens is 1. The number of ether oxygens (including phenoxy) is 3. The van der Waals surface area contributed by atoms with Crippen LogP contribution in [0.25, 0.3) is 10.8 Å². The Morgan fingerprint density at radius 3 is 2.20 bits per heavy atom. The number of carbonyl (C=O) groups is 2. The summed E-state index contributed by atoms with van der Waals surface area (Å²) in [5.74, 6) is -0.311. The second-order valence-corrected chi connectivity index (χ2v) is 11.9. The summed E-state index contributed by atoms with van der Waals surface area (Å²) >= 11 is 4.23. The Morgan fingerprint density at radius 2 is 1.44 bits per heavy atom. The fourth-order valence-electron chi connectivity index (χ4n) is 5.69. The van der Waals surface area contributed by atoms with Crippen LogP contribution in [-0.2, 0) is 0 Å². The maximum absolute atomic E-state index is 15.0. The van der Waals surface area contributed by atoms with Crippen LogP contribution in [0.4, 0.5) is 4.39 Å². The Labute approximate surface area is 268 Å². The van der Waals surface area contributed by atoms with Gasteiger partial charge in [0.15, 0.2) is 11.6 Å². The number of thiol groups is 1. The monoisotopic (exact) mass is 627 g/mol. The van der Waals surface area contributed by atoms with Gasteiger partial charge in [0.1, 0.15) is 11.5 Å². The van der Waals surface area contributed by atoms with E-state index in [-0.39, 0.29) is 22.6 Å². The predicted molar refractivity (Wildman–Crippen MR) is 178 cm³/mol. The number of benzene rings is 4. The van der Waals surface area contributed by atoms with Crippen LogP contribution in [-0.4, -0.2) is 30.5 Å². The fourth-order valence-corrected chi connectivity index (χ4v) is 5.91. The van der Waals surface area contributed by atoms with Crippen molar-refractivity contribution in [1.82, 2.24) is 0 Å². The molecular weight excluding hydrogens is 589 g/mol. The Hall–Kier alpha value is -4.17. The van der Waals surface area contributed by atoms with Gasteiger partial charge in [-0.25, -0.2) is 14.0 Å². The highest BCUT2D eigenvalue weighted by molar-refractivity contribution is 7.80. The third kappa shape index (κ3) is 8.51. The van der Waals surface area contributed by atoms with Crippen molar-refractivity contribution in [1.29, 1.82) is 5.41 Å². The van der Waals surface area contributed by atoms with Crippen LogP contribution in [0.2, 0.25) is 0 Å². The van der Waals surface area contributed by atoms with Crippen molar-refractivity contribution in [3.05, 3.63) is 101 Å². The quantitative estimate of drug-likeness (QED) is 0.0507. The third-order valence-corrected chi connectivity index (χ3v) is 8.52. The molecule has 1 fully saturated rings. The lowest BCUT2D eigenvalue weighted by molar-refractivity contribution is 0.0727. The number of hydrogen-bond acceptors (Lipinski definition) is 7. The molecule has 234 valence electrons. The minimum atomic E-state index is -0.870. The molecule has 0 amide bonds. The molecular formula is C37H38FNO5S. The predicted octanol–water partition coefficient (Wildman–Crippen LogP) is 9.33. The van der Waals surface area contributed by atoms with E-state index in [1.54, 1.807) is 24.3 Å². The van der Waals surface area contributed by atoms with Crippen LogP contribution < -0.4 is 14.2 Å². The smallest absolute Gasteiger partial charge is 0.343 e. The molecule has 0 saturated heterocycles. The van der Waals surface area contributed by atoms with E-state index in [4.69, 9.17) is 19.6 Å². The average molecular weight is 628 g/mol. The molecule has 1 saturated carbocycles. The Morgan fingerprint density at radius 1 is 0.778 bits per heavy atom. The van der Waals surface area contributed by atoms with Crippen molar-refractivity contribution >= 4 is 41.6 Å². The Balaban J connectivity index is 1.19. The molecule has 0 radical (unpaired) electrons. The zero-order chi connectivity index (χ0) is 31.6. The van der Waals surface area contributed by atoms with Gasteiger partial charge in [0, 0.05) is 11.8 Å². The van der Waals surface area contributed by atoms with E-state index in [9.17, 15) is 14.0 Å². The number of esters is 2. The third-order valence-electron chi connectivity index (χ3n) is 8.21. The lowest BCUT2D eigenvalue weighted by Gasteiger charge is -2.22. The molecule has 8 heteroatoms. The van der Waals surface area contributed by atoms with Crippen LogP contribution in [0.5, 0.6) is 17.2 Å².